The Morgan fingerprint density at radius 2 is 1.74 bits per heavy atom. The minimum absolute atomic E-state index is 0.307. The smallest absolute Gasteiger partial charge is 0.266 e. The van der Waals surface area contributed by atoms with Crippen molar-refractivity contribution in [1.82, 2.24) is 20.3 Å². The van der Waals surface area contributed by atoms with E-state index < -0.39 is 6.04 Å². The van der Waals surface area contributed by atoms with Crippen LogP contribution in [0.4, 0.5) is 5.69 Å². The summed E-state index contributed by atoms with van der Waals surface area (Å²) >= 11 is 0. The highest BCUT2D eigenvalue weighted by Gasteiger charge is 2.25. The fraction of sp³-hybridized carbons (Fsp3) is 0.125. The minimum atomic E-state index is -0.719. The maximum atomic E-state index is 12.8. The number of carbonyl (C=O) groups excluding carboxylic acids is 1. The van der Waals surface area contributed by atoms with E-state index in [1.165, 1.54) is 11.3 Å². The van der Waals surface area contributed by atoms with Gasteiger partial charge in [0.25, 0.3) is 5.91 Å². The molecule has 23 heavy (non-hydrogen) atoms. The van der Waals surface area contributed by atoms with E-state index >= 15 is 0 Å². The van der Waals surface area contributed by atoms with Crippen molar-refractivity contribution in [1.29, 1.82) is 0 Å². The van der Waals surface area contributed by atoms with E-state index in [1.807, 2.05) is 48.5 Å². The lowest BCUT2D eigenvalue weighted by atomic mass is 10.1. The summed E-state index contributed by atoms with van der Waals surface area (Å²) in [5.41, 5.74) is 7.73. The quantitative estimate of drug-likeness (QED) is 0.760. The third-order valence-electron chi connectivity index (χ3n) is 3.34. The van der Waals surface area contributed by atoms with E-state index in [0.717, 1.165) is 10.5 Å². The molecule has 3 rings (SSSR count). The summed E-state index contributed by atoms with van der Waals surface area (Å²) in [7, 11) is 0. The number of hydrogen-bond donors (Lipinski definition) is 1. The van der Waals surface area contributed by atoms with E-state index in [0.29, 0.717) is 12.1 Å². The number of carbonyl (C=O) groups is 1. The van der Waals surface area contributed by atoms with Gasteiger partial charge in [0.15, 0.2) is 6.33 Å². The number of benzene rings is 2. The SMILES string of the molecule is N[C@@H](Cc1ccccc1)C(=O)N(c1ccccc1)n1ncnn1. The molecule has 1 heterocycles. The monoisotopic (exact) mass is 308 g/mol. The van der Waals surface area contributed by atoms with Gasteiger partial charge in [0.1, 0.15) is 0 Å². The van der Waals surface area contributed by atoms with Crippen molar-refractivity contribution >= 4 is 11.6 Å². The normalized spacial score (nSPS) is 11.9. The highest BCUT2D eigenvalue weighted by atomic mass is 16.2. The van der Waals surface area contributed by atoms with Crippen LogP contribution in [0.15, 0.2) is 67.0 Å². The molecule has 0 radical (unpaired) electrons. The van der Waals surface area contributed by atoms with Crippen LogP contribution >= 0.6 is 0 Å². The second kappa shape index (κ2) is 6.80. The van der Waals surface area contributed by atoms with Gasteiger partial charge in [-0.25, -0.2) is 0 Å². The average Bonchev–Trinajstić information content (AvgIpc) is 3.11. The molecule has 0 unspecified atom stereocenters. The van der Waals surface area contributed by atoms with E-state index in [4.69, 9.17) is 5.73 Å². The van der Waals surface area contributed by atoms with Gasteiger partial charge in [-0.05, 0) is 29.3 Å². The second-order valence-corrected chi connectivity index (χ2v) is 4.99. The molecule has 7 nitrogen and oxygen atoms in total. The van der Waals surface area contributed by atoms with Crippen molar-refractivity contribution in [3.63, 3.8) is 0 Å². The molecule has 0 spiro atoms. The third kappa shape index (κ3) is 3.41. The van der Waals surface area contributed by atoms with Crippen LogP contribution in [-0.4, -0.2) is 32.3 Å². The second-order valence-electron chi connectivity index (χ2n) is 4.99. The maximum Gasteiger partial charge on any atom is 0.266 e. The number of hydrogen-bond acceptors (Lipinski definition) is 5. The molecular formula is C16H16N6O. The molecule has 1 amide bonds. The van der Waals surface area contributed by atoms with Gasteiger partial charge in [0.2, 0.25) is 0 Å². The van der Waals surface area contributed by atoms with Gasteiger partial charge in [-0.15, -0.1) is 10.2 Å². The molecule has 0 saturated heterocycles. The maximum absolute atomic E-state index is 12.8. The Hall–Kier alpha value is -3.06. The predicted octanol–water partition coefficient (Wildman–Crippen LogP) is 1.04. The molecule has 1 atom stereocenters. The summed E-state index contributed by atoms with van der Waals surface area (Å²) in [6.07, 6.45) is 1.70. The van der Waals surface area contributed by atoms with Crippen molar-refractivity contribution in [2.45, 2.75) is 12.5 Å². The van der Waals surface area contributed by atoms with E-state index in [2.05, 4.69) is 15.4 Å². The van der Waals surface area contributed by atoms with Crippen molar-refractivity contribution in [2.75, 3.05) is 5.01 Å². The minimum Gasteiger partial charge on any atom is -0.320 e. The molecule has 116 valence electrons. The Balaban J connectivity index is 1.86. The van der Waals surface area contributed by atoms with Gasteiger partial charge in [-0.3, -0.25) is 4.79 Å². The predicted molar refractivity (Wildman–Crippen MR) is 85.3 cm³/mol. The van der Waals surface area contributed by atoms with Crippen molar-refractivity contribution in [2.24, 2.45) is 5.73 Å². The topological polar surface area (TPSA) is 89.9 Å². The van der Waals surface area contributed by atoms with Crippen molar-refractivity contribution in [3.05, 3.63) is 72.6 Å². The zero-order valence-corrected chi connectivity index (χ0v) is 12.4. The number of para-hydroxylation sites is 1. The van der Waals surface area contributed by atoms with Crippen LogP contribution < -0.4 is 10.7 Å². The molecular weight excluding hydrogens is 292 g/mol. The first-order valence-electron chi connectivity index (χ1n) is 7.17. The molecule has 1 aromatic heterocycles. The fourth-order valence-electron chi connectivity index (χ4n) is 2.25. The van der Waals surface area contributed by atoms with Gasteiger partial charge in [0.05, 0.1) is 11.7 Å². The van der Waals surface area contributed by atoms with Crippen LogP contribution in [0, 0.1) is 0 Å². The molecule has 0 bridgehead atoms. The Labute approximate surface area is 133 Å². The number of anilines is 1. The fourth-order valence-corrected chi connectivity index (χ4v) is 2.25. The lowest BCUT2D eigenvalue weighted by molar-refractivity contribution is -0.120. The first kappa shape index (κ1) is 14.9. The summed E-state index contributed by atoms with van der Waals surface area (Å²) in [5.74, 6) is -0.307. The lowest BCUT2D eigenvalue weighted by Crippen LogP contribution is -2.48. The average molecular weight is 308 g/mol. The zero-order valence-electron chi connectivity index (χ0n) is 12.4. The van der Waals surface area contributed by atoms with Gasteiger partial charge < -0.3 is 5.73 Å². The molecule has 0 saturated carbocycles. The Morgan fingerprint density at radius 3 is 2.35 bits per heavy atom. The molecule has 0 aliphatic heterocycles. The first-order valence-corrected chi connectivity index (χ1v) is 7.17. The van der Waals surface area contributed by atoms with Crippen LogP contribution in [0.25, 0.3) is 0 Å². The van der Waals surface area contributed by atoms with Gasteiger partial charge in [-0.2, -0.15) is 5.01 Å². The molecule has 3 aromatic rings. The summed E-state index contributed by atoms with van der Waals surface area (Å²) in [6.45, 7) is 0. The molecule has 2 aromatic carbocycles. The molecule has 0 aliphatic carbocycles. The van der Waals surface area contributed by atoms with Gasteiger partial charge >= 0.3 is 0 Å². The summed E-state index contributed by atoms with van der Waals surface area (Å²) in [5, 5.41) is 12.7. The number of nitrogens with two attached hydrogens (primary N) is 1. The molecule has 2 N–H and O–H groups in total. The van der Waals surface area contributed by atoms with E-state index in [-0.39, 0.29) is 5.91 Å². The zero-order chi connectivity index (χ0) is 16.1. The van der Waals surface area contributed by atoms with Crippen LogP contribution in [0.5, 0.6) is 0 Å². The summed E-state index contributed by atoms with van der Waals surface area (Å²) in [4.78, 5) is 14.0. The van der Waals surface area contributed by atoms with Crippen molar-refractivity contribution in [3.8, 4) is 0 Å². The van der Waals surface area contributed by atoms with E-state index in [1.54, 1.807) is 12.1 Å². The number of tetrazole rings is 1. The van der Waals surface area contributed by atoms with Crippen molar-refractivity contribution < 1.29 is 4.79 Å². The number of amides is 1. The van der Waals surface area contributed by atoms with E-state index in [9.17, 15) is 4.79 Å². The molecule has 7 heteroatoms. The number of aromatic nitrogens is 4. The van der Waals surface area contributed by atoms with Crippen LogP contribution in [0.3, 0.4) is 0 Å². The lowest BCUT2D eigenvalue weighted by Gasteiger charge is -2.23. The summed E-state index contributed by atoms with van der Waals surface area (Å²) < 4.78 is 0. The Morgan fingerprint density at radius 1 is 1.09 bits per heavy atom. The van der Waals surface area contributed by atoms with Crippen LogP contribution in [-0.2, 0) is 11.2 Å². The Kier molecular flexibility index (Phi) is 4.39. The summed E-state index contributed by atoms with van der Waals surface area (Å²) in [6, 6.07) is 18.0. The standard InChI is InChI=1S/C16H16N6O/c17-15(11-13-7-3-1-4-8-13)16(23)21(22-19-12-18-20-22)14-9-5-2-6-10-14/h1-10,12,15H,11,17H2/t15-/m0/s1. The third-order valence-corrected chi connectivity index (χ3v) is 3.34. The first-order chi connectivity index (χ1) is 11.3. The number of rotatable bonds is 5. The Bertz CT molecular complexity index is 745. The van der Waals surface area contributed by atoms with Crippen LogP contribution in [0.2, 0.25) is 0 Å². The largest absolute Gasteiger partial charge is 0.320 e. The number of nitrogens with zero attached hydrogens (tertiary/aromatic N) is 5. The van der Waals surface area contributed by atoms with Gasteiger partial charge in [-0.1, -0.05) is 53.4 Å². The highest BCUT2D eigenvalue weighted by molar-refractivity contribution is 5.96. The van der Waals surface area contributed by atoms with Gasteiger partial charge in [0, 0.05) is 0 Å². The molecule has 0 fully saturated rings. The van der Waals surface area contributed by atoms with Crippen LogP contribution in [0.1, 0.15) is 5.56 Å². The molecule has 0 aliphatic rings. The highest BCUT2D eigenvalue weighted by Crippen LogP contribution is 2.15.